The predicted octanol–water partition coefficient (Wildman–Crippen LogP) is 5.96. The highest BCUT2D eigenvalue weighted by Gasteiger charge is 2.35. The minimum atomic E-state index is -4.89. The second kappa shape index (κ2) is 7.23. The van der Waals surface area contributed by atoms with Gasteiger partial charge in [-0.25, -0.2) is 9.24 Å². The Hall–Kier alpha value is -2.76. The molecule has 2 aromatic rings. The summed E-state index contributed by atoms with van der Waals surface area (Å²) in [4.78, 5) is 3.40. The van der Waals surface area contributed by atoms with E-state index >= 15 is 0 Å². The van der Waals surface area contributed by atoms with Crippen LogP contribution >= 0.6 is 0 Å². The molecule has 0 bridgehead atoms. The SMILES string of the molecule is [C-]#[N+]c1ccc(N(Cc2cccc(F)c2)CC(F)(F)F)cc1C(F)(F)F. The van der Waals surface area contributed by atoms with E-state index in [1.807, 2.05) is 0 Å². The van der Waals surface area contributed by atoms with Crippen molar-refractivity contribution in [1.82, 2.24) is 0 Å². The van der Waals surface area contributed by atoms with E-state index in [2.05, 4.69) is 4.85 Å². The Balaban J connectivity index is 2.47. The molecule has 26 heavy (non-hydrogen) atoms. The van der Waals surface area contributed by atoms with Crippen LogP contribution in [0.4, 0.5) is 42.1 Å². The van der Waals surface area contributed by atoms with E-state index in [4.69, 9.17) is 6.57 Å². The summed E-state index contributed by atoms with van der Waals surface area (Å²) in [6.07, 6.45) is -9.58. The third kappa shape index (κ3) is 5.12. The van der Waals surface area contributed by atoms with Crippen molar-refractivity contribution >= 4 is 11.4 Å². The van der Waals surface area contributed by atoms with Crippen molar-refractivity contribution in [2.75, 3.05) is 11.4 Å². The highest BCUT2D eigenvalue weighted by Crippen LogP contribution is 2.39. The van der Waals surface area contributed by atoms with Crippen LogP contribution in [0.3, 0.4) is 0 Å². The second-order valence-electron chi connectivity index (χ2n) is 5.41. The summed E-state index contributed by atoms with van der Waals surface area (Å²) in [7, 11) is 0. The average Bonchev–Trinajstić information content (AvgIpc) is 2.51. The molecule has 0 amide bonds. The van der Waals surface area contributed by atoms with Gasteiger partial charge in [-0.05, 0) is 29.8 Å². The number of anilines is 1. The van der Waals surface area contributed by atoms with Gasteiger partial charge >= 0.3 is 12.4 Å². The maximum Gasteiger partial charge on any atom is 0.407 e. The Kier molecular flexibility index (Phi) is 5.44. The molecule has 0 heterocycles. The van der Waals surface area contributed by atoms with Gasteiger partial charge in [-0.1, -0.05) is 18.2 Å². The molecule has 2 nitrogen and oxygen atoms in total. The van der Waals surface area contributed by atoms with E-state index in [0.717, 1.165) is 24.3 Å². The molecular weight excluding hydrogens is 365 g/mol. The first-order valence-corrected chi connectivity index (χ1v) is 7.14. The number of alkyl halides is 6. The standard InChI is InChI=1S/C17H11F7N2/c1-25-15-6-5-13(8-14(15)17(22,23)24)26(10-16(19,20)21)9-11-3-2-4-12(18)7-11/h2-8H,9-10H2. The van der Waals surface area contributed by atoms with E-state index in [1.54, 1.807) is 0 Å². The molecule has 0 radical (unpaired) electrons. The summed E-state index contributed by atoms with van der Waals surface area (Å²) in [6.45, 7) is 4.80. The van der Waals surface area contributed by atoms with Gasteiger partial charge in [0.05, 0.1) is 12.1 Å². The van der Waals surface area contributed by atoms with Gasteiger partial charge in [0.1, 0.15) is 12.4 Å². The molecule has 9 heteroatoms. The van der Waals surface area contributed by atoms with Crippen LogP contribution in [0.2, 0.25) is 0 Å². The van der Waals surface area contributed by atoms with Crippen LogP contribution in [-0.4, -0.2) is 12.7 Å². The molecule has 0 aliphatic rings. The van der Waals surface area contributed by atoms with Gasteiger partial charge in [0.15, 0.2) is 5.69 Å². The zero-order chi connectivity index (χ0) is 19.5. The number of nitrogens with zero attached hydrogens (tertiary/aromatic N) is 2. The summed E-state index contributed by atoms with van der Waals surface area (Å²) in [5.41, 5.74) is -2.24. The normalized spacial score (nSPS) is 11.9. The Bertz CT molecular complexity index is 819. The number of benzene rings is 2. The van der Waals surface area contributed by atoms with Crippen LogP contribution in [0.15, 0.2) is 42.5 Å². The maximum atomic E-state index is 13.3. The van der Waals surface area contributed by atoms with Crippen molar-refractivity contribution in [3.05, 3.63) is 70.8 Å². The Labute approximate surface area is 144 Å². The lowest BCUT2D eigenvalue weighted by molar-refractivity contribution is -0.136. The molecule has 138 valence electrons. The largest absolute Gasteiger partial charge is 0.407 e. The summed E-state index contributed by atoms with van der Waals surface area (Å²) in [6, 6.07) is 7.09. The number of hydrogen-bond acceptors (Lipinski definition) is 1. The molecule has 0 unspecified atom stereocenters. The third-order valence-corrected chi connectivity index (χ3v) is 3.40. The fraction of sp³-hybridized carbons (Fsp3) is 0.235. The van der Waals surface area contributed by atoms with Gasteiger partial charge in [0.2, 0.25) is 0 Å². The van der Waals surface area contributed by atoms with Crippen LogP contribution in [0.1, 0.15) is 11.1 Å². The minimum absolute atomic E-state index is 0.164. The first-order valence-electron chi connectivity index (χ1n) is 7.14. The van der Waals surface area contributed by atoms with Crippen molar-refractivity contribution in [2.45, 2.75) is 18.9 Å². The van der Waals surface area contributed by atoms with Crippen molar-refractivity contribution in [1.29, 1.82) is 0 Å². The monoisotopic (exact) mass is 376 g/mol. The molecule has 0 aliphatic carbocycles. The van der Waals surface area contributed by atoms with E-state index in [1.165, 1.54) is 12.1 Å². The summed E-state index contributed by atoms with van der Waals surface area (Å²) in [5, 5.41) is 0. The van der Waals surface area contributed by atoms with Gasteiger partial charge in [-0.2, -0.15) is 26.3 Å². The first-order chi connectivity index (χ1) is 12.0. The van der Waals surface area contributed by atoms with Crippen LogP contribution in [-0.2, 0) is 12.7 Å². The first kappa shape index (κ1) is 19.6. The molecule has 0 aliphatic heterocycles. The Morgan fingerprint density at radius 1 is 0.962 bits per heavy atom. The predicted molar refractivity (Wildman–Crippen MR) is 81.2 cm³/mol. The molecule has 0 aromatic heterocycles. The van der Waals surface area contributed by atoms with Gasteiger partial charge < -0.3 is 4.90 Å². The molecule has 0 atom stereocenters. The molecule has 0 saturated heterocycles. The van der Waals surface area contributed by atoms with Crippen LogP contribution in [0, 0.1) is 12.4 Å². The van der Waals surface area contributed by atoms with Crippen molar-refractivity contribution in [2.24, 2.45) is 0 Å². The summed E-state index contributed by atoms with van der Waals surface area (Å²) < 4.78 is 91.0. The topological polar surface area (TPSA) is 7.60 Å². The smallest absolute Gasteiger partial charge is 0.358 e. The lowest BCUT2D eigenvalue weighted by Crippen LogP contribution is -2.34. The maximum absolute atomic E-state index is 13.3. The zero-order valence-corrected chi connectivity index (χ0v) is 13.0. The second-order valence-corrected chi connectivity index (χ2v) is 5.41. The van der Waals surface area contributed by atoms with Crippen molar-refractivity contribution < 1.29 is 30.7 Å². The van der Waals surface area contributed by atoms with E-state index in [0.29, 0.717) is 11.0 Å². The van der Waals surface area contributed by atoms with E-state index in [9.17, 15) is 30.7 Å². The quantitative estimate of drug-likeness (QED) is 0.472. The van der Waals surface area contributed by atoms with E-state index in [-0.39, 0.29) is 11.3 Å². The summed E-state index contributed by atoms with van der Waals surface area (Å²) >= 11 is 0. The molecule has 2 aromatic carbocycles. The number of hydrogen-bond donors (Lipinski definition) is 0. The van der Waals surface area contributed by atoms with Gasteiger partial charge in [-0.3, -0.25) is 0 Å². The number of rotatable bonds is 4. The molecule has 0 fully saturated rings. The average molecular weight is 376 g/mol. The van der Waals surface area contributed by atoms with Gasteiger partial charge in [0.25, 0.3) is 0 Å². The van der Waals surface area contributed by atoms with Gasteiger partial charge in [-0.15, -0.1) is 0 Å². The number of halogens is 7. The highest BCUT2D eigenvalue weighted by molar-refractivity contribution is 5.62. The van der Waals surface area contributed by atoms with Gasteiger partial charge in [0, 0.05) is 12.2 Å². The molecule has 0 spiro atoms. The van der Waals surface area contributed by atoms with Crippen LogP contribution in [0.25, 0.3) is 4.85 Å². The fourth-order valence-corrected chi connectivity index (χ4v) is 2.36. The van der Waals surface area contributed by atoms with E-state index < -0.39 is 42.5 Å². The fourth-order valence-electron chi connectivity index (χ4n) is 2.36. The molecular formula is C17H11F7N2. The van der Waals surface area contributed by atoms with Crippen LogP contribution in [0.5, 0.6) is 0 Å². The summed E-state index contributed by atoms with van der Waals surface area (Å²) in [5.74, 6) is -0.672. The highest BCUT2D eigenvalue weighted by atomic mass is 19.4. The zero-order valence-electron chi connectivity index (χ0n) is 13.0. The third-order valence-electron chi connectivity index (χ3n) is 3.40. The molecule has 0 saturated carbocycles. The van der Waals surface area contributed by atoms with Crippen molar-refractivity contribution in [3.63, 3.8) is 0 Å². The minimum Gasteiger partial charge on any atom is -0.358 e. The lowest BCUT2D eigenvalue weighted by atomic mass is 10.1. The molecule has 0 N–H and O–H groups in total. The Morgan fingerprint density at radius 2 is 1.65 bits per heavy atom. The molecule has 2 rings (SSSR count). The Morgan fingerprint density at radius 3 is 2.19 bits per heavy atom. The van der Waals surface area contributed by atoms with Crippen LogP contribution < -0.4 is 4.90 Å². The lowest BCUT2D eigenvalue weighted by Gasteiger charge is -2.27. The van der Waals surface area contributed by atoms with Crippen molar-refractivity contribution in [3.8, 4) is 0 Å².